The van der Waals surface area contributed by atoms with Gasteiger partial charge < -0.3 is 10.1 Å². The summed E-state index contributed by atoms with van der Waals surface area (Å²) in [6.45, 7) is 5.01. The van der Waals surface area contributed by atoms with Crippen molar-refractivity contribution in [2.75, 3.05) is 19.7 Å². The van der Waals surface area contributed by atoms with E-state index in [1.54, 1.807) is 0 Å². The minimum absolute atomic E-state index is 0.547. The molecule has 1 unspecified atom stereocenters. The van der Waals surface area contributed by atoms with Crippen molar-refractivity contribution in [2.45, 2.75) is 19.3 Å². The molecule has 0 aliphatic rings. The Balaban J connectivity index is 1.56. The topological polar surface area (TPSA) is 21.3 Å². The molecule has 0 amide bonds. The van der Waals surface area contributed by atoms with E-state index in [-0.39, 0.29) is 0 Å². The maximum absolute atomic E-state index is 5.66. The summed E-state index contributed by atoms with van der Waals surface area (Å²) in [6, 6.07) is 20.6. The maximum Gasteiger partial charge on any atom is 0.119 e. The van der Waals surface area contributed by atoms with E-state index in [2.05, 4.69) is 42.6 Å². The molecule has 0 heterocycles. The molecule has 2 rings (SSSR count). The van der Waals surface area contributed by atoms with Gasteiger partial charge in [-0.15, -0.1) is 0 Å². The third-order valence-electron chi connectivity index (χ3n) is 3.33. The standard InChI is InChI=1S/C18H23NO/c1-16(17-9-4-2-5-10-17)15-19-13-8-14-20-18-11-6-3-7-12-18/h2-7,9-12,16,19H,8,13-15H2,1H3. The minimum atomic E-state index is 0.547. The molecule has 0 aromatic heterocycles. The van der Waals surface area contributed by atoms with Gasteiger partial charge in [0, 0.05) is 6.54 Å². The van der Waals surface area contributed by atoms with Crippen molar-refractivity contribution in [1.29, 1.82) is 0 Å². The second-order valence-electron chi connectivity index (χ2n) is 5.03. The van der Waals surface area contributed by atoms with Crippen LogP contribution in [0.25, 0.3) is 0 Å². The summed E-state index contributed by atoms with van der Waals surface area (Å²) in [6.07, 6.45) is 1.02. The minimum Gasteiger partial charge on any atom is -0.494 e. The molecule has 20 heavy (non-hydrogen) atoms. The quantitative estimate of drug-likeness (QED) is 0.735. The van der Waals surface area contributed by atoms with Gasteiger partial charge in [0.25, 0.3) is 0 Å². The Morgan fingerprint density at radius 3 is 2.30 bits per heavy atom. The lowest BCUT2D eigenvalue weighted by Gasteiger charge is -2.13. The van der Waals surface area contributed by atoms with E-state index in [1.807, 2.05) is 30.3 Å². The zero-order valence-corrected chi connectivity index (χ0v) is 12.1. The van der Waals surface area contributed by atoms with Gasteiger partial charge >= 0.3 is 0 Å². The molecule has 0 saturated carbocycles. The number of hydrogen-bond donors (Lipinski definition) is 1. The molecule has 106 valence electrons. The van der Waals surface area contributed by atoms with E-state index < -0.39 is 0 Å². The first-order valence-corrected chi connectivity index (χ1v) is 7.30. The van der Waals surface area contributed by atoms with Crippen LogP contribution in [0.1, 0.15) is 24.8 Å². The van der Waals surface area contributed by atoms with E-state index in [1.165, 1.54) is 5.56 Å². The molecular formula is C18H23NO. The first-order chi connectivity index (χ1) is 9.86. The number of benzene rings is 2. The number of ether oxygens (including phenoxy) is 1. The fraction of sp³-hybridized carbons (Fsp3) is 0.333. The van der Waals surface area contributed by atoms with Crippen LogP contribution >= 0.6 is 0 Å². The lowest BCUT2D eigenvalue weighted by molar-refractivity contribution is 0.308. The maximum atomic E-state index is 5.66. The molecule has 0 saturated heterocycles. The summed E-state index contributed by atoms with van der Waals surface area (Å²) < 4.78 is 5.66. The smallest absolute Gasteiger partial charge is 0.119 e. The average Bonchev–Trinajstić information content (AvgIpc) is 2.52. The molecule has 2 heteroatoms. The monoisotopic (exact) mass is 269 g/mol. The highest BCUT2D eigenvalue weighted by Gasteiger charge is 2.03. The molecule has 0 bridgehead atoms. The zero-order chi connectivity index (χ0) is 14.0. The number of nitrogens with one attached hydrogen (secondary N) is 1. The summed E-state index contributed by atoms with van der Waals surface area (Å²) in [5.41, 5.74) is 1.39. The van der Waals surface area contributed by atoms with Gasteiger partial charge in [-0.2, -0.15) is 0 Å². The Hall–Kier alpha value is -1.80. The van der Waals surface area contributed by atoms with E-state index in [9.17, 15) is 0 Å². The molecule has 1 N–H and O–H groups in total. The lowest BCUT2D eigenvalue weighted by atomic mass is 10.0. The Bertz CT molecular complexity index is 469. The summed E-state index contributed by atoms with van der Waals surface area (Å²) in [4.78, 5) is 0. The number of hydrogen-bond acceptors (Lipinski definition) is 2. The molecule has 0 spiro atoms. The van der Waals surface area contributed by atoms with Crippen LogP contribution in [0.4, 0.5) is 0 Å². The van der Waals surface area contributed by atoms with Crippen molar-refractivity contribution in [3.8, 4) is 5.75 Å². The predicted octanol–water partition coefficient (Wildman–Crippen LogP) is 3.85. The largest absolute Gasteiger partial charge is 0.494 e. The first-order valence-electron chi connectivity index (χ1n) is 7.30. The molecule has 1 atom stereocenters. The van der Waals surface area contributed by atoms with Crippen LogP contribution in [0.2, 0.25) is 0 Å². The third-order valence-corrected chi connectivity index (χ3v) is 3.33. The fourth-order valence-corrected chi connectivity index (χ4v) is 2.12. The average molecular weight is 269 g/mol. The Morgan fingerprint density at radius 2 is 1.60 bits per heavy atom. The van der Waals surface area contributed by atoms with E-state index in [4.69, 9.17) is 4.74 Å². The van der Waals surface area contributed by atoms with Crippen molar-refractivity contribution < 1.29 is 4.74 Å². The van der Waals surface area contributed by atoms with Gasteiger partial charge in [0.05, 0.1) is 6.61 Å². The molecule has 0 aliphatic carbocycles. The molecule has 2 aromatic carbocycles. The highest BCUT2D eigenvalue weighted by atomic mass is 16.5. The van der Waals surface area contributed by atoms with Crippen LogP contribution in [-0.2, 0) is 0 Å². The van der Waals surface area contributed by atoms with Gasteiger partial charge in [-0.25, -0.2) is 0 Å². The van der Waals surface area contributed by atoms with Gasteiger partial charge in [0.1, 0.15) is 5.75 Å². The fourth-order valence-electron chi connectivity index (χ4n) is 2.12. The molecule has 0 radical (unpaired) electrons. The van der Waals surface area contributed by atoms with Crippen LogP contribution in [-0.4, -0.2) is 19.7 Å². The molecule has 0 fully saturated rings. The van der Waals surface area contributed by atoms with E-state index in [0.717, 1.165) is 31.9 Å². The van der Waals surface area contributed by atoms with E-state index in [0.29, 0.717) is 5.92 Å². The van der Waals surface area contributed by atoms with Gasteiger partial charge in [0.15, 0.2) is 0 Å². The zero-order valence-electron chi connectivity index (χ0n) is 12.1. The summed E-state index contributed by atoms with van der Waals surface area (Å²) in [5.74, 6) is 1.50. The van der Waals surface area contributed by atoms with Gasteiger partial charge in [-0.1, -0.05) is 55.5 Å². The molecule has 2 aromatic rings. The van der Waals surface area contributed by atoms with Crippen molar-refractivity contribution in [3.63, 3.8) is 0 Å². The summed E-state index contributed by atoms with van der Waals surface area (Å²) >= 11 is 0. The van der Waals surface area contributed by atoms with Crippen molar-refractivity contribution in [2.24, 2.45) is 0 Å². The molecule has 2 nitrogen and oxygen atoms in total. The highest BCUT2D eigenvalue weighted by molar-refractivity contribution is 5.21. The molecular weight excluding hydrogens is 246 g/mol. The van der Waals surface area contributed by atoms with Crippen molar-refractivity contribution in [1.82, 2.24) is 5.32 Å². The van der Waals surface area contributed by atoms with Gasteiger partial charge in [-0.3, -0.25) is 0 Å². The van der Waals surface area contributed by atoms with Crippen LogP contribution in [0, 0.1) is 0 Å². The van der Waals surface area contributed by atoms with Gasteiger partial charge in [-0.05, 0) is 36.6 Å². The van der Waals surface area contributed by atoms with Crippen LogP contribution in [0.3, 0.4) is 0 Å². The summed E-state index contributed by atoms with van der Waals surface area (Å²) in [5, 5.41) is 3.49. The Kier molecular flexibility index (Phi) is 6.12. The third kappa shape index (κ3) is 5.06. The van der Waals surface area contributed by atoms with Gasteiger partial charge in [0.2, 0.25) is 0 Å². The van der Waals surface area contributed by atoms with Crippen LogP contribution < -0.4 is 10.1 Å². The number of para-hydroxylation sites is 1. The second-order valence-corrected chi connectivity index (χ2v) is 5.03. The van der Waals surface area contributed by atoms with Crippen LogP contribution in [0.15, 0.2) is 60.7 Å². The Labute approximate surface area is 121 Å². The van der Waals surface area contributed by atoms with Crippen LogP contribution in [0.5, 0.6) is 5.75 Å². The highest BCUT2D eigenvalue weighted by Crippen LogP contribution is 2.13. The molecule has 0 aliphatic heterocycles. The number of rotatable bonds is 8. The SMILES string of the molecule is CC(CNCCCOc1ccccc1)c1ccccc1. The second kappa shape index (κ2) is 8.39. The Morgan fingerprint density at radius 1 is 0.950 bits per heavy atom. The summed E-state index contributed by atoms with van der Waals surface area (Å²) in [7, 11) is 0. The van der Waals surface area contributed by atoms with Crippen molar-refractivity contribution in [3.05, 3.63) is 66.2 Å². The van der Waals surface area contributed by atoms with E-state index >= 15 is 0 Å². The predicted molar refractivity (Wildman–Crippen MR) is 84.3 cm³/mol. The first kappa shape index (κ1) is 14.6. The normalized spacial score (nSPS) is 12.1. The lowest BCUT2D eigenvalue weighted by Crippen LogP contribution is -2.22. The van der Waals surface area contributed by atoms with Crippen molar-refractivity contribution >= 4 is 0 Å².